The number of hydrogen-bond donors (Lipinski definition) is 8. The van der Waals surface area contributed by atoms with E-state index in [9.17, 15) is 72.2 Å². The SMILES string of the molecule is Nc1c(N=Nc2ccc3c(O)c(N=Nc4ccc(N=Nc5ccc(CCCO)cc5)cc4)c(S(=O)(=O)O)cc3c2S(=O)(=O)O)cc(S(=O)(=O)O)c2ccc(N=Nc3ccc([N+](=O)[O-])cc3S(=O)(=O)O)c(O)c12. The molecular formula is C41H32N10O17S4. The number of aliphatic hydroxyl groups is 1. The lowest BCUT2D eigenvalue weighted by Crippen LogP contribution is -2.03. The standard InChI is InChI=1S/C41H32N10O17S4/c42-37-32(20-33(69(57,58)59)27-13-15-30(40(54)36(27)37)47-46-29-14-11-25(51(55)56)18-34(29)70(60,61)62)49-48-31-16-12-26-28(41(31)72(66,67)68)19-35(71(63,64)65)38(39(26)53)50-45-24-9-7-23(8-10-24)44-43-22-5-3-21(4-6-22)2-1-17-52/h3-16,18-20,52-54H,1-2,17,42H2,(H,57,58,59)(H,60,61,62)(H,63,64,65)(H,66,67,68). The van der Waals surface area contributed by atoms with Gasteiger partial charge >= 0.3 is 0 Å². The van der Waals surface area contributed by atoms with Crippen LogP contribution in [0.25, 0.3) is 21.5 Å². The minimum Gasteiger partial charge on any atom is -0.505 e. The number of anilines is 1. The van der Waals surface area contributed by atoms with Gasteiger partial charge in [0.25, 0.3) is 46.2 Å². The van der Waals surface area contributed by atoms with Crippen LogP contribution in [-0.4, -0.2) is 78.7 Å². The molecule has 7 rings (SSSR count). The van der Waals surface area contributed by atoms with E-state index in [2.05, 4.69) is 40.9 Å². The number of benzene rings is 7. The number of nitrogens with two attached hydrogens (primary N) is 1. The number of aryl methyl sites for hydroxylation is 1. The average Bonchev–Trinajstić information content (AvgIpc) is 3.30. The highest BCUT2D eigenvalue weighted by molar-refractivity contribution is 7.87. The molecule has 0 aliphatic heterocycles. The molecule has 9 N–H and O–H groups in total. The molecule has 31 heteroatoms. The third kappa shape index (κ3) is 11.2. The number of rotatable bonds is 16. The van der Waals surface area contributed by atoms with Crippen LogP contribution in [0.1, 0.15) is 12.0 Å². The minimum absolute atomic E-state index is 0.0606. The van der Waals surface area contributed by atoms with E-state index in [0.717, 1.165) is 42.0 Å². The first-order chi connectivity index (χ1) is 33.8. The third-order valence-corrected chi connectivity index (χ3v) is 13.7. The largest absolute Gasteiger partial charge is 0.505 e. The highest BCUT2D eigenvalue weighted by Crippen LogP contribution is 2.48. The number of aromatic hydroxyl groups is 2. The lowest BCUT2D eigenvalue weighted by molar-refractivity contribution is -0.385. The Bertz CT molecular complexity index is 3970. The predicted octanol–water partition coefficient (Wildman–Crippen LogP) is 9.47. The summed E-state index contributed by atoms with van der Waals surface area (Å²) in [6, 6.07) is 19.9. The molecule has 0 spiro atoms. The number of phenols is 2. The fourth-order valence-electron chi connectivity index (χ4n) is 6.81. The Morgan fingerprint density at radius 3 is 1.56 bits per heavy atom. The first-order valence-electron chi connectivity index (χ1n) is 19.8. The highest BCUT2D eigenvalue weighted by Gasteiger charge is 2.29. The second-order valence-electron chi connectivity index (χ2n) is 14.9. The van der Waals surface area contributed by atoms with Crippen LogP contribution in [0.15, 0.2) is 164 Å². The molecule has 0 aliphatic carbocycles. The van der Waals surface area contributed by atoms with E-state index in [1.54, 1.807) is 12.1 Å². The summed E-state index contributed by atoms with van der Waals surface area (Å²) in [5, 5.41) is 71.3. The number of nitrogens with zero attached hydrogens (tertiary/aromatic N) is 9. The fourth-order valence-corrected chi connectivity index (χ4v) is 9.63. The summed E-state index contributed by atoms with van der Waals surface area (Å²) in [6.45, 7) is 0.0606. The van der Waals surface area contributed by atoms with Gasteiger partial charge in [-0.1, -0.05) is 18.2 Å². The molecule has 0 aromatic heterocycles. The first-order valence-corrected chi connectivity index (χ1v) is 25.6. The number of fused-ring (bicyclic) bond motifs is 2. The van der Waals surface area contributed by atoms with Gasteiger partial charge in [-0.05, 0) is 91.2 Å². The van der Waals surface area contributed by atoms with Crippen molar-refractivity contribution in [2.45, 2.75) is 32.4 Å². The molecule has 72 heavy (non-hydrogen) atoms. The van der Waals surface area contributed by atoms with Crippen molar-refractivity contribution in [3.63, 3.8) is 0 Å². The lowest BCUT2D eigenvalue weighted by atomic mass is 10.1. The van der Waals surface area contributed by atoms with Crippen LogP contribution in [0.2, 0.25) is 0 Å². The van der Waals surface area contributed by atoms with Crippen molar-refractivity contribution >= 4 is 119 Å². The monoisotopic (exact) mass is 1060 g/mol. The van der Waals surface area contributed by atoms with Crippen LogP contribution >= 0.6 is 0 Å². The molecule has 0 heterocycles. The molecule has 0 unspecified atom stereocenters. The number of hydrogen-bond acceptors (Lipinski definition) is 22. The molecule has 0 saturated heterocycles. The molecule has 0 atom stereocenters. The minimum atomic E-state index is -5.52. The second kappa shape index (κ2) is 19.9. The van der Waals surface area contributed by atoms with Gasteiger partial charge in [0.15, 0.2) is 11.5 Å². The van der Waals surface area contributed by atoms with E-state index in [4.69, 9.17) is 10.8 Å². The zero-order valence-electron chi connectivity index (χ0n) is 35.9. The summed E-state index contributed by atoms with van der Waals surface area (Å²) in [7, 11) is -21.3. The molecular weight excluding hydrogens is 1030 g/mol. The van der Waals surface area contributed by atoms with Crippen molar-refractivity contribution in [2.75, 3.05) is 12.3 Å². The normalized spacial score (nSPS) is 12.9. The van der Waals surface area contributed by atoms with Crippen LogP contribution in [0.3, 0.4) is 0 Å². The molecule has 7 aromatic rings. The van der Waals surface area contributed by atoms with E-state index in [1.165, 1.54) is 24.3 Å². The quantitative estimate of drug-likeness (QED) is 0.0147. The van der Waals surface area contributed by atoms with Crippen molar-refractivity contribution in [1.82, 2.24) is 0 Å². The molecule has 27 nitrogen and oxygen atoms in total. The highest BCUT2D eigenvalue weighted by atomic mass is 32.2. The molecule has 0 bridgehead atoms. The molecule has 0 fully saturated rings. The number of nitro benzene ring substituents is 1. The fraction of sp³-hybridized carbons (Fsp3) is 0.0732. The molecule has 372 valence electrons. The second-order valence-corrected chi connectivity index (χ2v) is 20.4. The zero-order chi connectivity index (χ0) is 52.5. The Morgan fingerprint density at radius 1 is 0.500 bits per heavy atom. The molecule has 0 aliphatic rings. The number of nitro groups is 1. The van der Waals surface area contributed by atoms with E-state index >= 15 is 0 Å². The summed E-state index contributed by atoms with van der Waals surface area (Å²) in [4.78, 5) is 5.76. The number of phenolic OH excluding ortho intramolecular Hbond substituents is 2. The third-order valence-electron chi connectivity index (χ3n) is 10.1. The lowest BCUT2D eigenvalue weighted by Gasteiger charge is -2.13. The van der Waals surface area contributed by atoms with Gasteiger partial charge in [-0.2, -0.15) is 49.0 Å². The maximum Gasteiger partial charge on any atom is 0.297 e. The van der Waals surface area contributed by atoms with E-state index in [0.29, 0.717) is 42.4 Å². The number of aliphatic hydroxyl groups excluding tert-OH is 1. The Labute approximate surface area is 405 Å². The van der Waals surface area contributed by atoms with E-state index < -0.39 is 138 Å². The number of azo groups is 4. The summed E-state index contributed by atoms with van der Waals surface area (Å²) >= 11 is 0. The van der Waals surface area contributed by atoms with Crippen molar-refractivity contribution in [2.24, 2.45) is 40.9 Å². The molecule has 7 aromatic carbocycles. The summed E-state index contributed by atoms with van der Waals surface area (Å²) in [5.74, 6) is -2.06. The van der Waals surface area contributed by atoms with Gasteiger partial charge < -0.3 is 21.1 Å². The number of non-ortho nitro benzene ring substituents is 1. The van der Waals surface area contributed by atoms with Crippen LogP contribution in [0.4, 0.5) is 56.9 Å². The summed E-state index contributed by atoms with van der Waals surface area (Å²) in [5.41, 5.74) is 3.21. The van der Waals surface area contributed by atoms with Gasteiger partial charge in [-0.3, -0.25) is 28.3 Å². The van der Waals surface area contributed by atoms with Crippen LogP contribution in [-0.2, 0) is 46.9 Å². The van der Waals surface area contributed by atoms with Crippen LogP contribution in [0.5, 0.6) is 11.5 Å². The number of nitrogen functional groups attached to an aromatic ring is 1. The first kappa shape index (κ1) is 51.7. The van der Waals surface area contributed by atoms with Gasteiger partial charge in [-0.25, -0.2) is 0 Å². The Morgan fingerprint density at radius 2 is 1.00 bits per heavy atom. The zero-order valence-corrected chi connectivity index (χ0v) is 39.2. The topological polar surface area (TPSA) is 446 Å². The van der Waals surface area contributed by atoms with Gasteiger partial charge in [0, 0.05) is 34.9 Å². The predicted molar refractivity (Wildman–Crippen MR) is 253 cm³/mol. The van der Waals surface area contributed by atoms with Crippen LogP contribution in [0, 0.1) is 10.1 Å². The Balaban J connectivity index is 1.27. The van der Waals surface area contributed by atoms with Crippen molar-refractivity contribution in [3.8, 4) is 11.5 Å². The maximum absolute atomic E-state index is 13.0. The van der Waals surface area contributed by atoms with E-state index in [1.807, 2.05) is 12.1 Å². The molecule has 0 amide bonds. The summed E-state index contributed by atoms with van der Waals surface area (Å²) in [6.07, 6.45) is 1.30. The maximum atomic E-state index is 13.0. The van der Waals surface area contributed by atoms with Gasteiger partial charge in [-0.15, -0.1) is 25.6 Å². The van der Waals surface area contributed by atoms with E-state index in [-0.39, 0.29) is 12.3 Å². The molecule has 0 saturated carbocycles. The van der Waals surface area contributed by atoms with Crippen LogP contribution < -0.4 is 5.73 Å². The van der Waals surface area contributed by atoms with Gasteiger partial charge in [0.2, 0.25) is 0 Å². The van der Waals surface area contributed by atoms with Gasteiger partial charge in [0.1, 0.15) is 48.0 Å². The smallest absolute Gasteiger partial charge is 0.297 e. The van der Waals surface area contributed by atoms with Crippen molar-refractivity contribution in [3.05, 3.63) is 119 Å². The van der Waals surface area contributed by atoms with Gasteiger partial charge in [0.05, 0.1) is 33.1 Å². The molecule has 0 radical (unpaired) electrons. The van der Waals surface area contributed by atoms with Crippen molar-refractivity contribution < 1.29 is 72.1 Å². The van der Waals surface area contributed by atoms with Crippen molar-refractivity contribution in [1.29, 1.82) is 0 Å². The average molecular weight is 1070 g/mol. The Kier molecular flexibility index (Phi) is 14.3. The summed E-state index contributed by atoms with van der Waals surface area (Å²) < 4.78 is 141. The Hall–Kier alpha value is -8.14.